The lowest BCUT2D eigenvalue weighted by Crippen LogP contribution is -2.06. The molecule has 0 saturated carbocycles. The van der Waals surface area contributed by atoms with Gasteiger partial charge in [0.05, 0.1) is 12.2 Å². The number of benzene rings is 1. The number of aliphatic hydroxyl groups excluding tert-OH is 1. The van der Waals surface area contributed by atoms with Crippen LogP contribution in [0.15, 0.2) is 24.8 Å². The molecule has 1 aromatic rings. The lowest BCUT2D eigenvalue weighted by Gasteiger charge is -2.09. The van der Waals surface area contributed by atoms with Crippen LogP contribution in [-0.2, 0) is 12.8 Å². The Kier molecular flexibility index (Phi) is 2.96. The average molecular weight is 202 g/mol. The summed E-state index contributed by atoms with van der Waals surface area (Å²) in [6.45, 7) is 3.01. The second-order valence-corrected chi connectivity index (χ2v) is 2.77. The zero-order valence-electron chi connectivity index (χ0n) is 7.30. The first-order valence-electron chi connectivity index (χ1n) is 3.92. The van der Waals surface area contributed by atoms with Gasteiger partial charge in [-0.3, -0.25) is 0 Å². The minimum Gasteiger partial charge on any atom is -0.392 e. The quantitative estimate of drug-likeness (QED) is 0.781. The van der Waals surface area contributed by atoms with Crippen LogP contribution >= 0.6 is 0 Å². The van der Waals surface area contributed by atoms with Crippen LogP contribution in [0.2, 0.25) is 0 Å². The standard InChI is InChI=1S/C10H9F3O/c1-2-7-3-4-9(10(11,12)13)5-8(7)6-14/h2-5,14H,1,6H2. The van der Waals surface area contributed by atoms with Crippen LogP contribution in [0.1, 0.15) is 16.7 Å². The van der Waals surface area contributed by atoms with Gasteiger partial charge in [0, 0.05) is 0 Å². The Balaban J connectivity index is 3.21. The van der Waals surface area contributed by atoms with E-state index in [-0.39, 0.29) is 5.56 Å². The second kappa shape index (κ2) is 3.84. The first kappa shape index (κ1) is 10.8. The van der Waals surface area contributed by atoms with Crippen molar-refractivity contribution in [3.8, 4) is 0 Å². The second-order valence-electron chi connectivity index (χ2n) is 2.77. The molecule has 0 atom stereocenters. The Morgan fingerprint density at radius 1 is 1.36 bits per heavy atom. The molecule has 0 aromatic heterocycles. The predicted octanol–water partition coefficient (Wildman–Crippen LogP) is 2.84. The Bertz CT molecular complexity index is 342. The fraction of sp³-hybridized carbons (Fsp3) is 0.200. The summed E-state index contributed by atoms with van der Waals surface area (Å²) in [7, 11) is 0. The molecule has 0 fully saturated rings. The van der Waals surface area contributed by atoms with E-state index in [0.29, 0.717) is 5.56 Å². The van der Waals surface area contributed by atoms with Gasteiger partial charge in [0.15, 0.2) is 0 Å². The highest BCUT2D eigenvalue weighted by molar-refractivity contribution is 5.52. The largest absolute Gasteiger partial charge is 0.416 e. The van der Waals surface area contributed by atoms with Crippen LogP contribution in [0.5, 0.6) is 0 Å². The van der Waals surface area contributed by atoms with E-state index < -0.39 is 18.3 Å². The van der Waals surface area contributed by atoms with Crippen molar-refractivity contribution in [1.29, 1.82) is 0 Å². The van der Waals surface area contributed by atoms with Gasteiger partial charge in [0.25, 0.3) is 0 Å². The van der Waals surface area contributed by atoms with Crippen molar-refractivity contribution in [2.45, 2.75) is 12.8 Å². The Labute approximate surface area is 79.5 Å². The van der Waals surface area contributed by atoms with Crippen molar-refractivity contribution < 1.29 is 18.3 Å². The van der Waals surface area contributed by atoms with Crippen molar-refractivity contribution in [3.05, 3.63) is 41.5 Å². The minimum atomic E-state index is -4.37. The zero-order chi connectivity index (χ0) is 10.8. The Hall–Kier alpha value is -1.29. The molecule has 0 aliphatic rings. The van der Waals surface area contributed by atoms with E-state index in [0.717, 1.165) is 12.1 Å². The molecule has 4 heteroatoms. The molecule has 1 nitrogen and oxygen atoms in total. The smallest absolute Gasteiger partial charge is 0.392 e. The van der Waals surface area contributed by atoms with E-state index in [2.05, 4.69) is 6.58 Å². The highest BCUT2D eigenvalue weighted by Crippen LogP contribution is 2.30. The third-order valence-corrected chi connectivity index (χ3v) is 1.86. The summed E-state index contributed by atoms with van der Waals surface area (Å²) >= 11 is 0. The van der Waals surface area contributed by atoms with E-state index in [1.165, 1.54) is 12.1 Å². The van der Waals surface area contributed by atoms with Gasteiger partial charge in [-0.2, -0.15) is 13.2 Å². The van der Waals surface area contributed by atoms with Crippen LogP contribution in [0.25, 0.3) is 6.08 Å². The molecule has 0 radical (unpaired) electrons. The maximum absolute atomic E-state index is 12.2. The topological polar surface area (TPSA) is 20.2 Å². The van der Waals surface area contributed by atoms with E-state index in [1.54, 1.807) is 0 Å². The molecule has 0 saturated heterocycles. The number of hydrogen-bond donors (Lipinski definition) is 1. The molecule has 0 unspecified atom stereocenters. The highest BCUT2D eigenvalue weighted by Gasteiger charge is 2.30. The van der Waals surface area contributed by atoms with E-state index in [1.807, 2.05) is 0 Å². The molecule has 0 amide bonds. The SMILES string of the molecule is C=Cc1ccc(C(F)(F)F)cc1CO. The molecule has 1 rings (SSSR count). The molecule has 76 valence electrons. The summed E-state index contributed by atoms with van der Waals surface area (Å²) in [5, 5.41) is 8.82. The maximum atomic E-state index is 12.2. The number of aliphatic hydroxyl groups is 1. The van der Waals surface area contributed by atoms with Gasteiger partial charge in [-0.15, -0.1) is 0 Å². The van der Waals surface area contributed by atoms with Crippen molar-refractivity contribution in [1.82, 2.24) is 0 Å². The van der Waals surface area contributed by atoms with Crippen LogP contribution < -0.4 is 0 Å². The van der Waals surface area contributed by atoms with Crippen molar-refractivity contribution >= 4 is 6.08 Å². The van der Waals surface area contributed by atoms with Gasteiger partial charge < -0.3 is 5.11 Å². The highest BCUT2D eigenvalue weighted by atomic mass is 19.4. The van der Waals surface area contributed by atoms with E-state index >= 15 is 0 Å². The summed E-state index contributed by atoms with van der Waals surface area (Å²) in [4.78, 5) is 0. The third kappa shape index (κ3) is 2.14. The van der Waals surface area contributed by atoms with Gasteiger partial charge >= 0.3 is 6.18 Å². The summed E-state index contributed by atoms with van der Waals surface area (Å²) in [5.41, 5.74) is -0.0116. The fourth-order valence-corrected chi connectivity index (χ4v) is 1.12. The van der Waals surface area contributed by atoms with Gasteiger partial charge in [0.2, 0.25) is 0 Å². The summed E-state index contributed by atoms with van der Waals surface area (Å²) in [5.74, 6) is 0. The normalized spacial score (nSPS) is 11.4. The molecule has 14 heavy (non-hydrogen) atoms. The van der Waals surface area contributed by atoms with Crippen molar-refractivity contribution in [3.63, 3.8) is 0 Å². The first-order chi connectivity index (χ1) is 6.49. The number of hydrogen-bond acceptors (Lipinski definition) is 1. The van der Waals surface area contributed by atoms with Crippen LogP contribution in [0.3, 0.4) is 0 Å². The molecule has 1 aromatic carbocycles. The number of rotatable bonds is 2. The van der Waals surface area contributed by atoms with Gasteiger partial charge in [-0.1, -0.05) is 18.7 Å². The van der Waals surface area contributed by atoms with Gasteiger partial charge in [-0.25, -0.2) is 0 Å². The fourth-order valence-electron chi connectivity index (χ4n) is 1.12. The van der Waals surface area contributed by atoms with Crippen LogP contribution in [0.4, 0.5) is 13.2 Å². The maximum Gasteiger partial charge on any atom is 0.416 e. The van der Waals surface area contributed by atoms with Crippen molar-refractivity contribution in [2.75, 3.05) is 0 Å². The predicted molar refractivity (Wildman–Crippen MR) is 47.5 cm³/mol. The number of halogens is 3. The molecule has 0 bridgehead atoms. The lowest BCUT2D eigenvalue weighted by atomic mass is 10.0. The molecular weight excluding hydrogens is 193 g/mol. The molecular formula is C10H9F3O. The summed E-state index contributed by atoms with van der Waals surface area (Å²) in [6.07, 6.45) is -2.96. The van der Waals surface area contributed by atoms with Crippen molar-refractivity contribution in [2.24, 2.45) is 0 Å². The lowest BCUT2D eigenvalue weighted by molar-refractivity contribution is -0.137. The van der Waals surface area contributed by atoms with Gasteiger partial charge in [0.1, 0.15) is 0 Å². The average Bonchev–Trinajstić information content (AvgIpc) is 2.15. The zero-order valence-corrected chi connectivity index (χ0v) is 7.30. The third-order valence-electron chi connectivity index (χ3n) is 1.86. The Morgan fingerprint density at radius 2 is 2.00 bits per heavy atom. The van der Waals surface area contributed by atoms with Crippen LogP contribution in [-0.4, -0.2) is 5.11 Å². The minimum absolute atomic E-state index is 0.231. The molecule has 0 aliphatic carbocycles. The van der Waals surface area contributed by atoms with E-state index in [4.69, 9.17) is 5.11 Å². The molecule has 0 heterocycles. The molecule has 1 N–H and O–H groups in total. The number of alkyl halides is 3. The van der Waals surface area contributed by atoms with Gasteiger partial charge in [-0.05, 0) is 23.3 Å². The first-order valence-corrected chi connectivity index (χ1v) is 3.92. The monoisotopic (exact) mass is 202 g/mol. The Morgan fingerprint density at radius 3 is 2.43 bits per heavy atom. The molecule has 0 aliphatic heterocycles. The van der Waals surface area contributed by atoms with Crippen LogP contribution in [0, 0.1) is 0 Å². The molecule has 0 spiro atoms. The summed E-state index contributed by atoms with van der Waals surface area (Å²) < 4.78 is 36.7. The van der Waals surface area contributed by atoms with E-state index in [9.17, 15) is 13.2 Å². The summed E-state index contributed by atoms with van der Waals surface area (Å²) in [6, 6.07) is 3.19.